The Bertz CT molecular complexity index is 980. The summed E-state index contributed by atoms with van der Waals surface area (Å²) < 4.78 is 5.81. The van der Waals surface area contributed by atoms with E-state index in [9.17, 15) is 4.79 Å². The summed E-state index contributed by atoms with van der Waals surface area (Å²) in [5, 5.41) is 6.04. The van der Waals surface area contributed by atoms with Gasteiger partial charge in [-0.3, -0.25) is 4.79 Å². The van der Waals surface area contributed by atoms with Crippen molar-refractivity contribution >= 4 is 34.0 Å². The molecule has 0 aliphatic carbocycles. The Kier molecular flexibility index (Phi) is 6.84. The number of benzene rings is 3. The van der Waals surface area contributed by atoms with E-state index in [1.807, 2.05) is 54.6 Å². The molecule has 0 unspecified atom stereocenters. The van der Waals surface area contributed by atoms with Crippen molar-refractivity contribution in [3.8, 4) is 5.75 Å². The van der Waals surface area contributed by atoms with E-state index in [0.717, 1.165) is 60.0 Å². The van der Waals surface area contributed by atoms with Crippen LogP contribution in [-0.2, 0) is 4.79 Å². The van der Waals surface area contributed by atoms with Crippen molar-refractivity contribution in [1.29, 1.82) is 0 Å². The Morgan fingerprint density at radius 1 is 0.900 bits per heavy atom. The van der Waals surface area contributed by atoms with Crippen LogP contribution < -0.4 is 19.9 Å². The monoisotopic (exact) mass is 425 g/mol. The predicted molar refractivity (Wildman–Crippen MR) is 121 cm³/mol. The highest BCUT2D eigenvalue weighted by Crippen LogP contribution is 2.22. The molecule has 156 valence electrons. The molecule has 0 saturated carbocycles. The summed E-state index contributed by atoms with van der Waals surface area (Å²) >= 11 is 5.90. The number of ether oxygens (including phenoxy) is 1. The fourth-order valence-electron chi connectivity index (χ4n) is 3.98. The van der Waals surface area contributed by atoms with Crippen LogP contribution in [0.4, 0.5) is 5.69 Å². The van der Waals surface area contributed by atoms with E-state index < -0.39 is 0 Å². The lowest BCUT2D eigenvalue weighted by Gasteiger charge is -2.29. The molecule has 1 amide bonds. The molecule has 1 fully saturated rings. The molecular formula is C24H28ClN3O2+2. The molecule has 0 spiro atoms. The molecule has 0 aromatic heterocycles. The minimum absolute atomic E-state index is 0.0795. The molecular weight excluding hydrogens is 398 g/mol. The van der Waals surface area contributed by atoms with Gasteiger partial charge in [-0.15, -0.1) is 0 Å². The topological polar surface area (TPSA) is 47.2 Å². The summed E-state index contributed by atoms with van der Waals surface area (Å²) in [4.78, 5) is 15.5. The Morgan fingerprint density at radius 2 is 1.60 bits per heavy atom. The molecule has 1 saturated heterocycles. The van der Waals surface area contributed by atoms with Crippen LogP contribution in [0.3, 0.4) is 0 Å². The van der Waals surface area contributed by atoms with E-state index in [0.29, 0.717) is 13.2 Å². The number of piperazine rings is 1. The fourth-order valence-corrected chi connectivity index (χ4v) is 4.11. The summed E-state index contributed by atoms with van der Waals surface area (Å²) in [5.41, 5.74) is 0.890. The smallest absolute Gasteiger partial charge is 0.279 e. The van der Waals surface area contributed by atoms with Crippen LogP contribution in [0.5, 0.6) is 5.75 Å². The van der Waals surface area contributed by atoms with Gasteiger partial charge in [0.05, 0.1) is 0 Å². The second-order valence-corrected chi connectivity index (χ2v) is 8.24. The molecule has 0 atom stereocenters. The van der Waals surface area contributed by atoms with Gasteiger partial charge in [0.25, 0.3) is 5.91 Å². The normalized spacial score (nSPS) is 18.8. The van der Waals surface area contributed by atoms with Crippen molar-refractivity contribution in [2.75, 3.05) is 51.2 Å². The standard InChI is InChI=1S/C24H26ClN3O2/c25-20-8-10-21(11-9-20)30-17-16-27-12-14-28(15-13-27)18-24(29)26-23-7-3-5-19-4-1-2-6-22(19)23/h1-11H,12-18H2,(H,26,29)/p+2. The van der Waals surface area contributed by atoms with Gasteiger partial charge in [0.1, 0.15) is 45.1 Å². The van der Waals surface area contributed by atoms with Crippen LogP contribution in [0.2, 0.25) is 5.02 Å². The van der Waals surface area contributed by atoms with Crippen molar-refractivity contribution in [1.82, 2.24) is 0 Å². The molecule has 6 heteroatoms. The average molecular weight is 426 g/mol. The fraction of sp³-hybridized carbons (Fsp3) is 0.292. The molecule has 3 N–H and O–H groups in total. The maximum Gasteiger partial charge on any atom is 0.279 e. The van der Waals surface area contributed by atoms with E-state index in [1.54, 1.807) is 0 Å². The van der Waals surface area contributed by atoms with E-state index in [4.69, 9.17) is 16.3 Å². The first kappa shape index (κ1) is 20.7. The summed E-state index contributed by atoms with van der Waals surface area (Å²) in [5.74, 6) is 0.934. The van der Waals surface area contributed by atoms with Crippen LogP contribution in [0.1, 0.15) is 0 Å². The molecule has 5 nitrogen and oxygen atoms in total. The third-order valence-electron chi connectivity index (χ3n) is 5.68. The number of nitrogens with one attached hydrogen (secondary N) is 3. The minimum Gasteiger partial charge on any atom is -0.488 e. The van der Waals surface area contributed by atoms with E-state index in [-0.39, 0.29) is 5.91 Å². The first-order valence-electron chi connectivity index (χ1n) is 10.5. The molecule has 0 bridgehead atoms. The van der Waals surface area contributed by atoms with Crippen molar-refractivity contribution in [2.24, 2.45) is 0 Å². The van der Waals surface area contributed by atoms with Crippen LogP contribution >= 0.6 is 11.6 Å². The van der Waals surface area contributed by atoms with Gasteiger partial charge in [-0.25, -0.2) is 0 Å². The van der Waals surface area contributed by atoms with Gasteiger partial charge in [0.15, 0.2) is 6.54 Å². The van der Waals surface area contributed by atoms with Crippen molar-refractivity contribution in [2.45, 2.75) is 0 Å². The van der Waals surface area contributed by atoms with Gasteiger partial charge in [0.2, 0.25) is 0 Å². The van der Waals surface area contributed by atoms with Gasteiger partial charge in [-0.2, -0.15) is 0 Å². The first-order valence-corrected chi connectivity index (χ1v) is 10.9. The van der Waals surface area contributed by atoms with E-state index in [1.165, 1.54) is 9.80 Å². The quantitative estimate of drug-likeness (QED) is 0.534. The molecule has 1 aliphatic rings. The number of quaternary nitrogens is 2. The number of fused-ring (bicyclic) bond motifs is 1. The lowest BCUT2D eigenvalue weighted by atomic mass is 10.1. The van der Waals surface area contributed by atoms with Crippen LogP contribution in [0, 0.1) is 0 Å². The third kappa shape index (κ3) is 5.51. The van der Waals surface area contributed by atoms with Crippen LogP contribution in [0.25, 0.3) is 10.8 Å². The maximum absolute atomic E-state index is 12.6. The van der Waals surface area contributed by atoms with Crippen LogP contribution in [-0.4, -0.2) is 51.8 Å². The van der Waals surface area contributed by atoms with Gasteiger partial charge in [-0.05, 0) is 35.7 Å². The molecule has 3 aromatic rings. The summed E-state index contributed by atoms with van der Waals surface area (Å²) in [6.45, 7) is 6.28. The Hall–Kier alpha value is -2.60. The van der Waals surface area contributed by atoms with E-state index in [2.05, 4.69) is 17.4 Å². The lowest BCUT2D eigenvalue weighted by molar-refractivity contribution is -1.01. The molecule has 1 heterocycles. The second kappa shape index (κ2) is 9.94. The van der Waals surface area contributed by atoms with Crippen molar-refractivity contribution in [3.63, 3.8) is 0 Å². The van der Waals surface area contributed by atoms with Crippen molar-refractivity contribution < 1.29 is 19.3 Å². The summed E-state index contributed by atoms with van der Waals surface area (Å²) in [6, 6.07) is 21.6. The van der Waals surface area contributed by atoms with Gasteiger partial charge in [0, 0.05) is 16.1 Å². The second-order valence-electron chi connectivity index (χ2n) is 7.80. The number of halogens is 1. The molecule has 1 aliphatic heterocycles. The molecule has 3 aromatic carbocycles. The Balaban J connectivity index is 1.20. The van der Waals surface area contributed by atoms with Crippen molar-refractivity contribution in [3.05, 3.63) is 71.8 Å². The number of hydrogen-bond donors (Lipinski definition) is 3. The largest absolute Gasteiger partial charge is 0.488 e. The van der Waals surface area contributed by atoms with Gasteiger partial charge >= 0.3 is 0 Å². The number of carbonyl (C=O) groups is 1. The summed E-state index contributed by atoms with van der Waals surface area (Å²) in [7, 11) is 0. The average Bonchev–Trinajstić information content (AvgIpc) is 2.77. The number of carbonyl (C=O) groups excluding carboxylic acids is 1. The molecule has 30 heavy (non-hydrogen) atoms. The number of rotatable bonds is 7. The summed E-state index contributed by atoms with van der Waals surface area (Å²) in [6.07, 6.45) is 0. The lowest BCUT2D eigenvalue weighted by Crippen LogP contribution is -3.28. The highest BCUT2D eigenvalue weighted by Gasteiger charge is 2.24. The Morgan fingerprint density at radius 3 is 2.40 bits per heavy atom. The zero-order valence-corrected chi connectivity index (χ0v) is 17.8. The zero-order valence-electron chi connectivity index (χ0n) is 17.0. The third-order valence-corrected chi connectivity index (χ3v) is 5.93. The number of hydrogen-bond acceptors (Lipinski definition) is 2. The SMILES string of the molecule is O=C(C[NH+]1CC[NH+](CCOc2ccc(Cl)cc2)CC1)Nc1cccc2ccccc12. The minimum atomic E-state index is 0.0795. The highest BCUT2D eigenvalue weighted by molar-refractivity contribution is 6.30. The maximum atomic E-state index is 12.6. The highest BCUT2D eigenvalue weighted by atomic mass is 35.5. The van der Waals surface area contributed by atoms with Crippen LogP contribution in [0.15, 0.2) is 66.7 Å². The number of amides is 1. The first-order chi connectivity index (χ1) is 14.7. The Labute approximate surface area is 182 Å². The van der Waals surface area contributed by atoms with E-state index >= 15 is 0 Å². The molecule has 4 rings (SSSR count). The predicted octanol–water partition coefficient (Wildman–Crippen LogP) is 1.29. The molecule has 0 radical (unpaired) electrons. The zero-order chi connectivity index (χ0) is 20.8. The van der Waals surface area contributed by atoms with Gasteiger partial charge in [-0.1, -0.05) is 48.0 Å². The van der Waals surface area contributed by atoms with Gasteiger partial charge < -0.3 is 19.9 Å². The number of anilines is 1.